The second-order valence-electron chi connectivity index (χ2n) is 4.76. The lowest BCUT2D eigenvalue weighted by atomic mass is 10.1. The Morgan fingerprint density at radius 1 is 1.14 bits per heavy atom. The summed E-state index contributed by atoms with van der Waals surface area (Å²) in [4.78, 5) is 11.4. The van der Waals surface area contributed by atoms with Crippen LogP contribution in [0.5, 0.6) is 11.5 Å². The smallest absolute Gasteiger partial charge is 0.345 e. The average molecular weight is 286 g/mol. The van der Waals surface area contributed by atoms with Crippen LogP contribution >= 0.6 is 0 Å². The Kier molecular flexibility index (Phi) is 4.82. The van der Waals surface area contributed by atoms with Gasteiger partial charge in [0.25, 0.3) is 0 Å². The molecule has 0 aliphatic heterocycles. The van der Waals surface area contributed by atoms with E-state index in [0.29, 0.717) is 12.2 Å². The number of rotatable bonds is 6. The molecule has 2 aromatic carbocycles. The molecule has 4 nitrogen and oxygen atoms in total. The van der Waals surface area contributed by atoms with Gasteiger partial charge in [-0.15, -0.1) is 0 Å². The lowest BCUT2D eigenvalue weighted by Gasteiger charge is -2.17. The van der Waals surface area contributed by atoms with Crippen LogP contribution in [0.1, 0.15) is 11.1 Å². The zero-order valence-corrected chi connectivity index (χ0v) is 12.1. The van der Waals surface area contributed by atoms with E-state index < -0.39 is 12.1 Å². The van der Waals surface area contributed by atoms with Crippen molar-refractivity contribution in [3.8, 4) is 11.5 Å². The molecular formula is C17H18O4. The van der Waals surface area contributed by atoms with E-state index in [9.17, 15) is 9.90 Å². The van der Waals surface area contributed by atoms with Gasteiger partial charge in [0.2, 0.25) is 0 Å². The molecule has 0 radical (unpaired) electrons. The van der Waals surface area contributed by atoms with Crippen LogP contribution in [0.15, 0.2) is 48.5 Å². The third-order valence-electron chi connectivity index (χ3n) is 3.22. The minimum absolute atomic E-state index is 0.299. The number of benzene rings is 2. The third kappa shape index (κ3) is 3.99. The van der Waals surface area contributed by atoms with Crippen LogP contribution in [-0.2, 0) is 11.2 Å². The highest BCUT2D eigenvalue weighted by Crippen LogP contribution is 2.20. The van der Waals surface area contributed by atoms with Crippen LogP contribution in [0, 0.1) is 6.92 Å². The summed E-state index contributed by atoms with van der Waals surface area (Å²) in [5.41, 5.74) is 1.80. The lowest BCUT2D eigenvalue weighted by molar-refractivity contribution is -0.145. The Balaban J connectivity index is 2.12. The number of para-hydroxylation sites is 1. The van der Waals surface area contributed by atoms with E-state index >= 15 is 0 Å². The van der Waals surface area contributed by atoms with Crippen molar-refractivity contribution in [1.82, 2.24) is 0 Å². The molecule has 0 bridgehead atoms. The quantitative estimate of drug-likeness (QED) is 0.886. The average Bonchev–Trinajstić information content (AvgIpc) is 2.49. The minimum Gasteiger partial charge on any atom is -0.497 e. The maximum atomic E-state index is 11.4. The topological polar surface area (TPSA) is 55.8 Å². The molecule has 1 atom stereocenters. The fourth-order valence-electron chi connectivity index (χ4n) is 2.00. The molecule has 0 saturated carbocycles. The van der Waals surface area contributed by atoms with Gasteiger partial charge in [0, 0.05) is 6.42 Å². The summed E-state index contributed by atoms with van der Waals surface area (Å²) in [5, 5.41) is 9.34. The number of aryl methyl sites for hydroxylation is 1. The molecule has 0 spiro atoms. The summed E-state index contributed by atoms with van der Waals surface area (Å²) in [6.45, 7) is 1.89. The second-order valence-corrected chi connectivity index (χ2v) is 4.76. The molecule has 110 valence electrons. The first kappa shape index (κ1) is 14.9. The Hall–Kier alpha value is -2.49. The largest absolute Gasteiger partial charge is 0.497 e. The van der Waals surface area contributed by atoms with Crippen molar-refractivity contribution >= 4 is 5.97 Å². The van der Waals surface area contributed by atoms with Gasteiger partial charge >= 0.3 is 5.97 Å². The molecule has 0 saturated heterocycles. The van der Waals surface area contributed by atoms with Crippen LogP contribution in [-0.4, -0.2) is 24.3 Å². The predicted octanol–water partition coefficient (Wildman–Crippen LogP) is 3.08. The molecule has 0 heterocycles. The highest BCUT2D eigenvalue weighted by atomic mass is 16.5. The Morgan fingerprint density at radius 3 is 2.38 bits per heavy atom. The Morgan fingerprint density at radius 2 is 1.81 bits per heavy atom. The van der Waals surface area contributed by atoms with E-state index in [1.165, 1.54) is 0 Å². The standard InChI is InChI=1S/C17H18O4/c1-12-5-3-4-6-15(12)21-16(17(18)19)11-13-7-9-14(20-2)10-8-13/h3-10,16H,11H2,1-2H3,(H,18,19). The number of carboxylic acid groups (broad SMARTS) is 1. The first-order valence-corrected chi connectivity index (χ1v) is 6.68. The number of aliphatic carboxylic acids is 1. The number of methoxy groups -OCH3 is 1. The zero-order chi connectivity index (χ0) is 15.2. The first-order valence-electron chi connectivity index (χ1n) is 6.68. The molecular weight excluding hydrogens is 268 g/mol. The number of ether oxygens (including phenoxy) is 2. The monoisotopic (exact) mass is 286 g/mol. The highest BCUT2D eigenvalue weighted by molar-refractivity contribution is 5.73. The first-order chi connectivity index (χ1) is 10.1. The number of carboxylic acids is 1. The van der Waals surface area contributed by atoms with E-state index in [2.05, 4.69) is 0 Å². The van der Waals surface area contributed by atoms with Gasteiger partial charge < -0.3 is 14.6 Å². The second kappa shape index (κ2) is 6.79. The summed E-state index contributed by atoms with van der Waals surface area (Å²) in [7, 11) is 1.59. The van der Waals surface area contributed by atoms with Gasteiger partial charge in [-0.25, -0.2) is 4.79 Å². The molecule has 0 fully saturated rings. The van der Waals surface area contributed by atoms with E-state index in [1.807, 2.05) is 49.4 Å². The normalized spacial score (nSPS) is 11.7. The van der Waals surface area contributed by atoms with E-state index in [0.717, 1.165) is 16.9 Å². The van der Waals surface area contributed by atoms with Crippen molar-refractivity contribution in [3.05, 3.63) is 59.7 Å². The van der Waals surface area contributed by atoms with Crippen molar-refractivity contribution in [1.29, 1.82) is 0 Å². The molecule has 2 aromatic rings. The van der Waals surface area contributed by atoms with Gasteiger partial charge in [0.15, 0.2) is 6.10 Å². The SMILES string of the molecule is COc1ccc(CC(Oc2ccccc2C)C(=O)O)cc1. The maximum absolute atomic E-state index is 11.4. The van der Waals surface area contributed by atoms with Gasteiger partial charge in [-0.1, -0.05) is 30.3 Å². The Labute approximate surface area is 123 Å². The fraction of sp³-hybridized carbons (Fsp3) is 0.235. The third-order valence-corrected chi connectivity index (χ3v) is 3.22. The van der Waals surface area contributed by atoms with Crippen molar-refractivity contribution in [2.45, 2.75) is 19.4 Å². The van der Waals surface area contributed by atoms with E-state index in [-0.39, 0.29) is 0 Å². The summed E-state index contributed by atoms with van der Waals surface area (Å²) in [6.07, 6.45) is -0.618. The van der Waals surface area contributed by atoms with Crippen LogP contribution in [0.25, 0.3) is 0 Å². The summed E-state index contributed by atoms with van der Waals surface area (Å²) >= 11 is 0. The zero-order valence-electron chi connectivity index (χ0n) is 12.1. The lowest BCUT2D eigenvalue weighted by Crippen LogP contribution is -2.29. The van der Waals surface area contributed by atoms with Crippen LogP contribution in [0.2, 0.25) is 0 Å². The highest BCUT2D eigenvalue weighted by Gasteiger charge is 2.20. The molecule has 2 rings (SSSR count). The van der Waals surface area contributed by atoms with Crippen molar-refractivity contribution in [2.24, 2.45) is 0 Å². The summed E-state index contributed by atoms with van der Waals surface area (Å²) in [6, 6.07) is 14.7. The van der Waals surface area contributed by atoms with Crippen LogP contribution in [0.3, 0.4) is 0 Å². The maximum Gasteiger partial charge on any atom is 0.345 e. The number of carbonyl (C=O) groups is 1. The van der Waals surface area contributed by atoms with Gasteiger partial charge in [-0.05, 0) is 36.2 Å². The molecule has 1 N–H and O–H groups in total. The summed E-state index contributed by atoms with van der Waals surface area (Å²) in [5.74, 6) is 0.359. The molecule has 0 aromatic heterocycles. The predicted molar refractivity (Wildman–Crippen MR) is 79.9 cm³/mol. The van der Waals surface area contributed by atoms with Crippen molar-refractivity contribution in [2.75, 3.05) is 7.11 Å². The fourth-order valence-corrected chi connectivity index (χ4v) is 2.00. The Bertz CT molecular complexity index is 604. The minimum atomic E-state index is -0.978. The van der Waals surface area contributed by atoms with E-state index in [1.54, 1.807) is 13.2 Å². The van der Waals surface area contributed by atoms with Gasteiger partial charge in [0.05, 0.1) is 7.11 Å². The molecule has 1 unspecified atom stereocenters. The van der Waals surface area contributed by atoms with Gasteiger partial charge in [-0.2, -0.15) is 0 Å². The van der Waals surface area contributed by atoms with Gasteiger partial charge in [-0.3, -0.25) is 0 Å². The van der Waals surface area contributed by atoms with Crippen molar-refractivity contribution in [3.63, 3.8) is 0 Å². The van der Waals surface area contributed by atoms with Crippen LogP contribution in [0.4, 0.5) is 0 Å². The summed E-state index contributed by atoms with van der Waals surface area (Å²) < 4.78 is 10.7. The molecule has 4 heteroatoms. The molecule has 0 aliphatic carbocycles. The van der Waals surface area contributed by atoms with Crippen molar-refractivity contribution < 1.29 is 19.4 Å². The molecule has 21 heavy (non-hydrogen) atoms. The molecule has 0 aliphatic rings. The van der Waals surface area contributed by atoms with Gasteiger partial charge in [0.1, 0.15) is 11.5 Å². The number of hydrogen-bond donors (Lipinski definition) is 1. The van der Waals surface area contributed by atoms with E-state index in [4.69, 9.17) is 9.47 Å². The molecule has 0 amide bonds. The van der Waals surface area contributed by atoms with Crippen LogP contribution < -0.4 is 9.47 Å². The number of hydrogen-bond acceptors (Lipinski definition) is 3.